The lowest BCUT2D eigenvalue weighted by molar-refractivity contribution is 0.0990. The van der Waals surface area contributed by atoms with E-state index in [1.807, 2.05) is 30.3 Å². The van der Waals surface area contributed by atoms with Crippen LogP contribution in [0.4, 0.5) is 5.82 Å². The van der Waals surface area contributed by atoms with Gasteiger partial charge in [0.15, 0.2) is 5.82 Å². The molecule has 2 rings (SSSR count). The number of hydrogen-bond donors (Lipinski definition) is 2. The maximum atomic E-state index is 5.59. The molecular formula is C15H20N4O2. The normalized spacial score (nSPS) is 10.4. The molecule has 0 saturated carbocycles. The molecule has 1 aromatic carbocycles. The van der Waals surface area contributed by atoms with Crippen LogP contribution in [0.2, 0.25) is 0 Å². The molecule has 0 aliphatic rings. The Morgan fingerprint density at radius 3 is 2.62 bits per heavy atom. The Kier molecular flexibility index (Phi) is 5.93. The number of hydrogen-bond acceptors (Lipinski definition) is 6. The maximum Gasteiger partial charge on any atom is 0.219 e. The van der Waals surface area contributed by atoms with Gasteiger partial charge in [-0.1, -0.05) is 37.3 Å². The van der Waals surface area contributed by atoms with Gasteiger partial charge in [-0.15, -0.1) is 0 Å². The summed E-state index contributed by atoms with van der Waals surface area (Å²) in [6, 6.07) is 11.3. The Balaban J connectivity index is 2.07. The molecule has 21 heavy (non-hydrogen) atoms. The number of aromatic nitrogens is 2. The zero-order chi connectivity index (χ0) is 14.9. The Labute approximate surface area is 124 Å². The van der Waals surface area contributed by atoms with E-state index in [0.29, 0.717) is 30.7 Å². The molecule has 112 valence electrons. The molecular weight excluding hydrogens is 268 g/mol. The molecule has 6 heteroatoms. The second kappa shape index (κ2) is 8.18. The van der Waals surface area contributed by atoms with E-state index in [2.05, 4.69) is 22.3 Å². The van der Waals surface area contributed by atoms with Crippen LogP contribution in [0.15, 0.2) is 36.4 Å². The lowest BCUT2D eigenvalue weighted by Gasteiger charge is -2.09. The van der Waals surface area contributed by atoms with E-state index in [9.17, 15) is 0 Å². The van der Waals surface area contributed by atoms with E-state index in [-0.39, 0.29) is 0 Å². The Bertz CT molecular complexity index is 549. The summed E-state index contributed by atoms with van der Waals surface area (Å²) in [5, 5.41) is 0. The van der Waals surface area contributed by atoms with E-state index in [0.717, 1.165) is 18.6 Å². The molecule has 0 atom stereocenters. The van der Waals surface area contributed by atoms with Gasteiger partial charge in [-0.3, -0.25) is 0 Å². The maximum absolute atomic E-state index is 5.59. The predicted octanol–water partition coefficient (Wildman–Crippen LogP) is 2.23. The number of nitrogens with zero attached hydrogens (tertiary/aromatic N) is 2. The van der Waals surface area contributed by atoms with Gasteiger partial charge in [-0.2, -0.15) is 4.98 Å². The fourth-order valence-corrected chi connectivity index (χ4v) is 1.74. The van der Waals surface area contributed by atoms with Crippen molar-refractivity contribution in [1.82, 2.24) is 9.97 Å². The van der Waals surface area contributed by atoms with Crippen molar-refractivity contribution in [3.05, 3.63) is 36.4 Å². The smallest absolute Gasteiger partial charge is 0.219 e. The molecule has 0 amide bonds. The second-order valence-electron chi connectivity index (χ2n) is 4.39. The molecule has 1 aromatic heterocycles. The van der Waals surface area contributed by atoms with Gasteiger partial charge in [0.1, 0.15) is 12.4 Å². The van der Waals surface area contributed by atoms with Gasteiger partial charge < -0.3 is 14.9 Å². The van der Waals surface area contributed by atoms with Crippen molar-refractivity contribution in [2.24, 2.45) is 5.84 Å². The molecule has 0 unspecified atom stereocenters. The first-order valence-corrected chi connectivity index (χ1v) is 6.95. The Morgan fingerprint density at radius 2 is 1.90 bits per heavy atom. The summed E-state index contributed by atoms with van der Waals surface area (Å²) < 4.78 is 11.0. The lowest BCUT2D eigenvalue weighted by Crippen LogP contribution is -2.12. The van der Waals surface area contributed by atoms with Gasteiger partial charge >= 0.3 is 0 Å². The zero-order valence-electron chi connectivity index (χ0n) is 12.1. The third kappa shape index (κ3) is 4.70. The fourth-order valence-electron chi connectivity index (χ4n) is 1.74. The predicted molar refractivity (Wildman–Crippen MR) is 81.9 cm³/mol. The average molecular weight is 288 g/mol. The van der Waals surface area contributed by atoms with Crippen LogP contribution in [0.1, 0.15) is 13.3 Å². The Hall–Kier alpha value is -2.18. The first kappa shape index (κ1) is 15.2. The highest BCUT2D eigenvalue weighted by Gasteiger charge is 2.07. The summed E-state index contributed by atoms with van der Waals surface area (Å²) in [6.07, 6.45) is 0.993. The second-order valence-corrected chi connectivity index (χ2v) is 4.39. The van der Waals surface area contributed by atoms with Crippen molar-refractivity contribution in [1.29, 1.82) is 0 Å². The third-order valence-electron chi connectivity index (χ3n) is 2.71. The molecule has 0 bridgehead atoms. The molecule has 1 heterocycles. The van der Waals surface area contributed by atoms with Crippen LogP contribution in [0.5, 0.6) is 5.88 Å². The summed E-state index contributed by atoms with van der Waals surface area (Å²) in [6.45, 7) is 3.77. The average Bonchev–Trinajstić information content (AvgIpc) is 2.55. The standard InChI is InChI=1S/C15H20N4O2/c1-2-8-20-9-10-21-14-11-13(19-16)17-15(18-14)12-6-4-3-5-7-12/h3-7,11H,2,8-10,16H2,1H3,(H,17,18,19). The van der Waals surface area contributed by atoms with E-state index in [1.54, 1.807) is 6.07 Å². The molecule has 0 spiro atoms. The number of nitrogen functional groups attached to an aromatic ring is 1. The van der Waals surface area contributed by atoms with Crippen LogP contribution in [0.25, 0.3) is 11.4 Å². The van der Waals surface area contributed by atoms with Crippen LogP contribution >= 0.6 is 0 Å². The molecule has 3 N–H and O–H groups in total. The summed E-state index contributed by atoms with van der Waals surface area (Å²) in [5.41, 5.74) is 3.43. The van der Waals surface area contributed by atoms with Gasteiger partial charge in [-0.25, -0.2) is 10.8 Å². The van der Waals surface area contributed by atoms with E-state index in [1.165, 1.54) is 0 Å². The highest BCUT2D eigenvalue weighted by atomic mass is 16.5. The van der Waals surface area contributed by atoms with E-state index in [4.69, 9.17) is 15.3 Å². The number of hydrazine groups is 1. The summed E-state index contributed by atoms with van der Waals surface area (Å²) in [5.74, 6) is 6.98. The third-order valence-corrected chi connectivity index (χ3v) is 2.71. The minimum atomic E-state index is 0.440. The van der Waals surface area contributed by atoms with Crippen molar-refractivity contribution in [3.8, 4) is 17.3 Å². The molecule has 0 fully saturated rings. The van der Waals surface area contributed by atoms with Crippen LogP contribution in [0, 0.1) is 0 Å². The van der Waals surface area contributed by atoms with Crippen LogP contribution in [-0.2, 0) is 4.74 Å². The van der Waals surface area contributed by atoms with Gasteiger partial charge in [0, 0.05) is 18.2 Å². The van der Waals surface area contributed by atoms with E-state index >= 15 is 0 Å². The quantitative estimate of drug-likeness (QED) is 0.440. The number of anilines is 1. The number of benzene rings is 1. The number of nitrogens with one attached hydrogen (secondary N) is 1. The Morgan fingerprint density at radius 1 is 1.10 bits per heavy atom. The molecule has 0 aliphatic heterocycles. The summed E-state index contributed by atoms with van der Waals surface area (Å²) in [4.78, 5) is 8.71. The number of ether oxygens (including phenoxy) is 2. The molecule has 0 aliphatic carbocycles. The monoisotopic (exact) mass is 288 g/mol. The molecule has 0 radical (unpaired) electrons. The summed E-state index contributed by atoms with van der Waals surface area (Å²) in [7, 11) is 0. The van der Waals surface area contributed by atoms with Crippen LogP contribution in [-0.4, -0.2) is 29.8 Å². The fraction of sp³-hybridized carbons (Fsp3) is 0.333. The van der Waals surface area contributed by atoms with Crippen LogP contribution in [0.3, 0.4) is 0 Å². The van der Waals surface area contributed by atoms with Crippen molar-refractivity contribution in [2.45, 2.75) is 13.3 Å². The van der Waals surface area contributed by atoms with Crippen molar-refractivity contribution < 1.29 is 9.47 Å². The first-order valence-electron chi connectivity index (χ1n) is 6.95. The number of rotatable bonds is 8. The number of nitrogens with two attached hydrogens (primary N) is 1. The first-order chi connectivity index (χ1) is 10.3. The minimum absolute atomic E-state index is 0.440. The highest BCUT2D eigenvalue weighted by Crippen LogP contribution is 2.20. The van der Waals surface area contributed by atoms with Crippen molar-refractivity contribution in [2.75, 3.05) is 25.2 Å². The van der Waals surface area contributed by atoms with Crippen LogP contribution < -0.4 is 16.0 Å². The largest absolute Gasteiger partial charge is 0.475 e. The minimum Gasteiger partial charge on any atom is -0.475 e. The molecule has 0 saturated heterocycles. The van der Waals surface area contributed by atoms with Crippen molar-refractivity contribution >= 4 is 5.82 Å². The van der Waals surface area contributed by atoms with Gasteiger partial charge in [0.25, 0.3) is 0 Å². The van der Waals surface area contributed by atoms with Gasteiger partial charge in [-0.05, 0) is 6.42 Å². The van der Waals surface area contributed by atoms with E-state index < -0.39 is 0 Å². The SMILES string of the molecule is CCCOCCOc1cc(NN)nc(-c2ccccc2)n1. The van der Waals surface area contributed by atoms with Gasteiger partial charge in [0.05, 0.1) is 6.61 Å². The van der Waals surface area contributed by atoms with Crippen molar-refractivity contribution in [3.63, 3.8) is 0 Å². The lowest BCUT2D eigenvalue weighted by atomic mass is 10.2. The highest BCUT2D eigenvalue weighted by molar-refractivity contribution is 5.57. The van der Waals surface area contributed by atoms with Gasteiger partial charge in [0.2, 0.25) is 5.88 Å². The zero-order valence-corrected chi connectivity index (χ0v) is 12.1. The topological polar surface area (TPSA) is 82.3 Å². The summed E-state index contributed by atoms with van der Waals surface area (Å²) >= 11 is 0. The molecule has 2 aromatic rings. The molecule has 6 nitrogen and oxygen atoms in total.